The van der Waals surface area contributed by atoms with Crippen LogP contribution < -0.4 is 5.32 Å². The number of thioether (sulfide) groups is 1. The maximum Gasteiger partial charge on any atom is 0.263 e. The predicted octanol–water partition coefficient (Wildman–Crippen LogP) is 3.97. The van der Waals surface area contributed by atoms with Crippen molar-refractivity contribution in [3.63, 3.8) is 0 Å². The van der Waals surface area contributed by atoms with E-state index in [0.717, 1.165) is 4.88 Å². The van der Waals surface area contributed by atoms with E-state index < -0.39 is 0 Å². The summed E-state index contributed by atoms with van der Waals surface area (Å²) in [5.41, 5.74) is 0. The molecule has 0 bridgehead atoms. The van der Waals surface area contributed by atoms with Crippen molar-refractivity contribution in [1.29, 1.82) is 0 Å². The number of rotatable bonds is 2. The van der Waals surface area contributed by atoms with Gasteiger partial charge in [0.25, 0.3) is 5.91 Å². The lowest BCUT2D eigenvalue weighted by atomic mass is 10.3. The van der Waals surface area contributed by atoms with Gasteiger partial charge in [-0.3, -0.25) is 4.79 Å². The van der Waals surface area contributed by atoms with Crippen molar-refractivity contribution in [1.82, 2.24) is 5.32 Å². The van der Waals surface area contributed by atoms with Gasteiger partial charge in [-0.05, 0) is 29.7 Å². The molecule has 2 aromatic rings. The van der Waals surface area contributed by atoms with Gasteiger partial charge in [-0.1, -0.05) is 30.0 Å². The highest BCUT2D eigenvalue weighted by Crippen LogP contribution is 2.34. The van der Waals surface area contributed by atoms with E-state index in [1.807, 2.05) is 18.2 Å². The Hall–Kier alpha value is -0.950. The Morgan fingerprint density at radius 3 is 2.78 bits per heavy atom. The summed E-state index contributed by atoms with van der Waals surface area (Å²) in [6.45, 7) is 0. The first-order chi connectivity index (χ1) is 8.72. The molecule has 2 nitrogen and oxygen atoms in total. The summed E-state index contributed by atoms with van der Waals surface area (Å²) in [6.07, 6.45) is 1.89. The Balaban J connectivity index is 1.88. The number of hydrogen-bond donors (Lipinski definition) is 1. The van der Waals surface area contributed by atoms with Crippen LogP contribution in [0.15, 0.2) is 34.6 Å². The Kier molecular flexibility index (Phi) is 3.34. The quantitative estimate of drug-likeness (QED) is 0.672. The lowest BCUT2D eigenvalue weighted by molar-refractivity contribution is -0.115. The molecule has 6 heteroatoms. The highest BCUT2D eigenvalue weighted by molar-refractivity contribution is 8.26. The first-order valence-electron chi connectivity index (χ1n) is 5.11. The molecule has 1 aliphatic heterocycles. The molecule has 0 spiro atoms. The lowest BCUT2D eigenvalue weighted by Crippen LogP contribution is -2.17. The van der Waals surface area contributed by atoms with Crippen LogP contribution in [-0.2, 0) is 4.79 Å². The predicted molar refractivity (Wildman–Crippen MR) is 83.9 cm³/mol. The van der Waals surface area contributed by atoms with Crippen LogP contribution in [0.5, 0.6) is 0 Å². The van der Waals surface area contributed by atoms with Gasteiger partial charge < -0.3 is 5.32 Å². The van der Waals surface area contributed by atoms with Crippen LogP contribution in [0.25, 0.3) is 15.8 Å². The Morgan fingerprint density at radius 2 is 2.11 bits per heavy atom. The maximum absolute atomic E-state index is 11.5. The zero-order valence-electron chi connectivity index (χ0n) is 9.01. The fraction of sp³-hybridized carbons (Fsp3) is 0. The molecule has 2 aromatic heterocycles. The topological polar surface area (TPSA) is 29.1 Å². The minimum Gasteiger partial charge on any atom is -0.307 e. The zero-order valence-corrected chi connectivity index (χ0v) is 12.3. The summed E-state index contributed by atoms with van der Waals surface area (Å²) in [5.74, 6) is -0.101. The first-order valence-corrected chi connectivity index (χ1v) is 8.03. The SMILES string of the molecule is O=C1NC(=S)S/C1=C\c1ccc(-c2cccs2)s1. The second kappa shape index (κ2) is 4.97. The van der Waals surface area contributed by atoms with Gasteiger partial charge in [-0.25, -0.2) is 0 Å². The monoisotopic (exact) mass is 309 g/mol. The van der Waals surface area contributed by atoms with Crippen molar-refractivity contribution in [3.8, 4) is 9.75 Å². The molecule has 1 fully saturated rings. The van der Waals surface area contributed by atoms with Crippen molar-refractivity contribution in [2.24, 2.45) is 0 Å². The van der Waals surface area contributed by atoms with Gasteiger partial charge in [-0.2, -0.15) is 0 Å². The first kappa shape index (κ1) is 12.1. The van der Waals surface area contributed by atoms with Crippen LogP contribution in [0.2, 0.25) is 0 Å². The van der Waals surface area contributed by atoms with Gasteiger partial charge in [0.2, 0.25) is 0 Å². The molecule has 1 amide bonds. The van der Waals surface area contributed by atoms with E-state index in [-0.39, 0.29) is 5.91 Å². The Bertz CT molecular complexity index is 639. The zero-order chi connectivity index (χ0) is 12.5. The number of thiocarbonyl (C=S) groups is 1. The summed E-state index contributed by atoms with van der Waals surface area (Å²) in [4.78, 5) is 15.8. The number of hydrogen-bond acceptors (Lipinski definition) is 5. The number of amides is 1. The van der Waals surface area contributed by atoms with Gasteiger partial charge in [-0.15, -0.1) is 22.7 Å². The van der Waals surface area contributed by atoms with Crippen LogP contribution in [0.4, 0.5) is 0 Å². The maximum atomic E-state index is 11.5. The molecule has 0 radical (unpaired) electrons. The van der Waals surface area contributed by atoms with Crippen molar-refractivity contribution in [2.45, 2.75) is 0 Å². The highest BCUT2D eigenvalue weighted by Gasteiger charge is 2.22. The lowest BCUT2D eigenvalue weighted by Gasteiger charge is -1.90. The van der Waals surface area contributed by atoms with E-state index in [4.69, 9.17) is 12.2 Å². The summed E-state index contributed by atoms with van der Waals surface area (Å²) in [5, 5.41) is 4.68. The minimum absolute atomic E-state index is 0.101. The van der Waals surface area contributed by atoms with Crippen LogP contribution in [0.1, 0.15) is 4.88 Å². The Morgan fingerprint density at radius 1 is 1.22 bits per heavy atom. The summed E-state index contributed by atoms with van der Waals surface area (Å²) in [7, 11) is 0. The van der Waals surface area contributed by atoms with Crippen LogP contribution in [-0.4, -0.2) is 10.2 Å². The average molecular weight is 309 g/mol. The van der Waals surface area contributed by atoms with E-state index in [2.05, 4.69) is 22.8 Å². The molecule has 90 valence electrons. The second-order valence-electron chi connectivity index (χ2n) is 3.53. The average Bonchev–Trinajstić information content (AvgIpc) is 3.02. The second-order valence-corrected chi connectivity index (χ2v) is 7.31. The van der Waals surface area contributed by atoms with E-state index >= 15 is 0 Å². The smallest absolute Gasteiger partial charge is 0.263 e. The highest BCUT2D eigenvalue weighted by atomic mass is 32.2. The summed E-state index contributed by atoms with van der Waals surface area (Å²) >= 11 is 9.67. The normalized spacial score (nSPS) is 17.4. The van der Waals surface area contributed by atoms with Crippen molar-refractivity contribution in [3.05, 3.63) is 39.4 Å². The molecule has 0 aliphatic carbocycles. The molecule has 0 aromatic carbocycles. The molecular weight excluding hydrogens is 302 g/mol. The standard InChI is InChI=1S/C12H7NOS4/c14-11-10(18-12(15)13-11)6-7-3-4-9(17-7)8-2-1-5-16-8/h1-6H,(H,13,14,15)/b10-6-. The number of nitrogens with one attached hydrogen (secondary N) is 1. The van der Waals surface area contributed by atoms with Crippen molar-refractivity contribution < 1.29 is 4.79 Å². The van der Waals surface area contributed by atoms with E-state index in [9.17, 15) is 4.79 Å². The molecule has 0 atom stereocenters. The molecule has 0 saturated carbocycles. The van der Waals surface area contributed by atoms with Crippen LogP contribution in [0, 0.1) is 0 Å². The third-order valence-electron chi connectivity index (χ3n) is 2.31. The van der Waals surface area contributed by atoms with E-state index in [1.165, 1.54) is 21.5 Å². The number of carbonyl (C=O) groups is 1. The van der Waals surface area contributed by atoms with Crippen LogP contribution in [0.3, 0.4) is 0 Å². The minimum atomic E-state index is -0.101. The molecular formula is C12H7NOS4. The van der Waals surface area contributed by atoms with Crippen LogP contribution >= 0.6 is 46.7 Å². The van der Waals surface area contributed by atoms with Gasteiger partial charge in [0.1, 0.15) is 4.32 Å². The fourth-order valence-corrected chi connectivity index (χ4v) is 4.43. The van der Waals surface area contributed by atoms with Gasteiger partial charge in [0, 0.05) is 14.6 Å². The molecule has 0 unspecified atom stereocenters. The van der Waals surface area contributed by atoms with Gasteiger partial charge in [0.05, 0.1) is 4.91 Å². The number of carbonyl (C=O) groups excluding carboxylic acids is 1. The van der Waals surface area contributed by atoms with Gasteiger partial charge >= 0.3 is 0 Å². The summed E-state index contributed by atoms with van der Waals surface area (Å²) in [6, 6.07) is 8.25. The largest absolute Gasteiger partial charge is 0.307 e. The molecule has 3 heterocycles. The third-order valence-corrected chi connectivity index (χ3v) is 5.57. The Labute approximate surface area is 122 Å². The molecule has 18 heavy (non-hydrogen) atoms. The molecule has 1 saturated heterocycles. The summed E-state index contributed by atoms with van der Waals surface area (Å²) < 4.78 is 0.529. The van der Waals surface area contributed by atoms with E-state index in [1.54, 1.807) is 22.7 Å². The van der Waals surface area contributed by atoms with Crippen molar-refractivity contribution in [2.75, 3.05) is 0 Å². The molecule has 1 aliphatic rings. The van der Waals surface area contributed by atoms with Crippen molar-refractivity contribution >= 4 is 63.0 Å². The molecule has 1 N–H and O–H groups in total. The van der Waals surface area contributed by atoms with E-state index in [0.29, 0.717) is 9.23 Å². The van der Waals surface area contributed by atoms with Gasteiger partial charge in [0.15, 0.2) is 0 Å². The number of thiophene rings is 2. The third kappa shape index (κ3) is 2.42. The molecule has 3 rings (SSSR count). The fourth-order valence-electron chi connectivity index (χ4n) is 1.53.